The first-order valence-corrected chi connectivity index (χ1v) is 10.4. The van der Waals surface area contributed by atoms with E-state index in [0.29, 0.717) is 18.7 Å². The van der Waals surface area contributed by atoms with E-state index >= 15 is 0 Å². The van der Waals surface area contributed by atoms with E-state index in [1.54, 1.807) is 6.07 Å². The number of hydrogen-bond donors (Lipinski definition) is 1. The van der Waals surface area contributed by atoms with Crippen molar-refractivity contribution in [2.24, 2.45) is 0 Å². The van der Waals surface area contributed by atoms with Crippen molar-refractivity contribution in [3.05, 3.63) is 45.0 Å². The molecule has 0 unspecified atom stereocenters. The number of benzene rings is 1. The third kappa shape index (κ3) is 3.23. The fraction of sp³-hybridized carbons (Fsp3) is 0.500. The van der Waals surface area contributed by atoms with Crippen molar-refractivity contribution in [3.63, 3.8) is 0 Å². The predicted molar refractivity (Wildman–Crippen MR) is 92.0 cm³/mol. The van der Waals surface area contributed by atoms with Crippen molar-refractivity contribution in [2.75, 3.05) is 6.61 Å². The van der Waals surface area contributed by atoms with Crippen molar-refractivity contribution in [2.45, 2.75) is 45.4 Å². The average molecular weight is 320 g/mol. The van der Waals surface area contributed by atoms with Gasteiger partial charge in [-0.1, -0.05) is 32.9 Å². The van der Waals surface area contributed by atoms with Gasteiger partial charge < -0.3 is 9.41 Å². The van der Waals surface area contributed by atoms with Crippen LogP contribution in [0.1, 0.15) is 20.8 Å². The molecule has 0 aliphatic heterocycles. The maximum atomic E-state index is 12.1. The molecular formula is C16H24N2O3Si. The molecule has 0 aliphatic rings. The lowest BCUT2D eigenvalue weighted by atomic mass is 10.2. The second-order valence-corrected chi connectivity index (χ2v) is 11.8. The summed E-state index contributed by atoms with van der Waals surface area (Å²) in [5.74, 6) is 0. The predicted octanol–water partition coefficient (Wildman–Crippen LogP) is 2.71. The molecule has 0 saturated heterocycles. The Kier molecular flexibility index (Phi) is 4.44. The van der Waals surface area contributed by atoms with Crippen molar-refractivity contribution < 1.29 is 4.43 Å². The number of nitrogens with one attached hydrogen (secondary N) is 1. The standard InChI is InChI=1S/C16H24N2O3Si/c1-16(2,3)22(4,5)21-11-10-18-13-9-7-6-8-12(13)17-14(19)15(18)20/h6-9H,10-11H2,1-5H3,(H,17,19). The Bertz CT molecular complexity index is 784. The van der Waals surface area contributed by atoms with Gasteiger partial charge in [-0.25, -0.2) is 0 Å². The second-order valence-electron chi connectivity index (χ2n) is 7.04. The number of para-hydroxylation sites is 2. The highest BCUT2D eigenvalue weighted by Crippen LogP contribution is 2.36. The van der Waals surface area contributed by atoms with Crippen molar-refractivity contribution in [1.82, 2.24) is 9.55 Å². The lowest BCUT2D eigenvalue weighted by Gasteiger charge is -2.36. The summed E-state index contributed by atoms with van der Waals surface area (Å²) in [6.07, 6.45) is 0. The Hall–Kier alpha value is -1.66. The normalized spacial score (nSPS) is 12.8. The van der Waals surface area contributed by atoms with Crippen molar-refractivity contribution >= 4 is 19.4 Å². The van der Waals surface area contributed by atoms with Gasteiger partial charge in [0.1, 0.15) is 0 Å². The number of aromatic nitrogens is 2. The summed E-state index contributed by atoms with van der Waals surface area (Å²) < 4.78 is 7.61. The zero-order valence-electron chi connectivity index (χ0n) is 13.9. The van der Waals surface area contributed by atoms with E-state index < -0.39 is 19.4 Å². The number of rotatable bonds is 4. The molecule has 1 aromatic heterocycles. The first kappa shape index (κ1) is 16.7. The van der Waals surface area contributed by atoms with Gasteiger partial charge in [0.2, 0.25) is 0 Å². The molecule has 0 radical (unpaired) electrons. The summed E-state index contributed by atoms with van der Waals surface area (Å²) in [6.45, 7) is 11.7. The molecule has 1 heterocycles. The SMILES string of the molecule is CC(C)(C)[Si](C)(C)OCCn1c(=O)c(=O)[nH]c2ccccc21. The van der Waals surface area contributed by atoms with Gasteiger partial charge in [0.15, 0.2) is 8.32 Å². The van der Waals surface area contributed by atoms with Crippen LogP contribution in [0.4, 0.5) is 0 Å². The Morgan fingerprint density at radius 1 is 1.18 bits per heavy atom. The summed E-state index contributed by atoms with van der Waals surface area (Å²) >= 11 is 0. The van der Waals surface area contributed by atoms with Crippen LogP contribution < -0.4 is 11.1 Å². The lowest BCUT2D eigenvalue weighted by molar-refractivity contribution is 0.271. The molecule has 2 rings (SSSR count). The van der Waals surface area contributed by atoms with Crippen LogP contribution in [0.2, 0.25) is 18.1 Å². The zero-order valence-corrected chi connectivity index (χ0v) is 14.9. The molecule has 0 spiro atoms. The van der Waals surface area contributed by atoms with E-state index in [9.17, 15) is 9.59 Å². The van der Waals surface area contributed by atoms with Crippen molar-refractivity contribution in [1.29, 1.82) is 0 Å². The second kappa shape index (κ2) is 5.85. The minimum Gasteiger partial charge on any atom is -0.415 e. The fourth-order valence-electron chi connectivity index (χ4n) is 2.05. The fourth-order valence-corrected chi connectivity index (χ4v) is 3.09. The number of hydrogen-bond acceptors (Lipinski definition) is 3. The maximum Gasteiger partial charge on any atom is 0.316 e. The Morgan fingerprint density at radius 2 is 1.82 bits per heavy atom. The third-order valence-electron chi connectivity index (χ3n) is 4.47. The quantitative estimate of drug-likeness (QED) is 0.696. The molecule has 1 N–H and O–H groups in total. The van der Waals surface area contributed by atoms with Gasteiger partial charge in [-0.3, -0.25) is 14.2 Å². The van der Waals surface area contributed by atoms with E-state index in [1.807, 2.05) is 18.2 Å². The van der Waals surface area contributed by atoms with Crippen LogP contribution in [0.15, 0.2) is 33.9 Å². The van der Waals surface area contributed by atoms with Crippen LogP contribution in [0, 0.1) is 0 Å². The lowest BCUT2D eigenvalue weighted by Crippen LogP contribution is -2.43. The number of aromatic amines is 1. The summed E-state index contributed by atoms with van der Waals surface area (Å²) in [7, 11) is -1.86. The summed E-state index contributed by atoms with van der Waals surface area (Å²) in [5.41, 5.74) is 0.272. The highest BCUT2D eigenvalue weighted by atomic mass is 28.4. The van der Waals surface area contributed by atoms with Gasteiger partial charge in [0.05, 0.1) is 17.6 Å². The van der Waals surface area contributed by atoms with Gasteiger partial charge in [-0.05, 0) is 30.3 Å². The molecule has 0 fully saturated rings. The zero-order chi connectivity index (χ0) is 16.5. The molecule has 22 heavy (non-hydrogen) atoms. The molecule has 120 valence electrons. The highest BCUT2D eigenvalue weighted by Gasteiger charge is 2.36. The number of nitrogens with zero attached hydrogens (tertiary/aromatic N) is 1. The molecule has 0 saturated carbocycles. The molecular weight excluding hydrogens is 296 g/mol. The topological polar surface area (TPSA) is 64.1 Å². The van der Waals surface area contributed by atoms with Crippen LogP contribution >= 0.6 is 0 Å². The third-order valence-corrected chi connectivity index (χ3v) is 9.00. The molecule has 6 heteroatoms. The molecule has 0 amide bonds. The molecule has 2 aromatic rings. The summed E-state index contributed by atoms with van der Waals surface area (Å²) in [6, 6.07) is 7.31. The monoisotopic (exact) mass is 320 g/mol. The first-order valence-electron chi connectivity index (χ1n) is 7.49. The van der Waals surface area contributed by atoms with E-state index in [1.165, 1.54) is 4.57 Å². The molecule has 0 atom stereocenters. The molecule has 1 aromatic carbocycles. The minimum atomic E-state index is -1.86. The summed E-state index contributed by atoms with van der Waals surface area (Å²) in [5, 5.41) is 0.119. The van der Waals surface area contributed by atoms with Gasteiger partial charge in [0, 0.05) is 6.54 Å². The van der Waals surface area contributed by atoms with Crippen molar-refractivity contribution in [3.8, 4) is 0 Å². The van der Waals surface area contributed by atoms with Crippen LogP contribution in [0.25, 0.3) is 11.0 Å². The molecule has 5 nitrogen and oxygen atoms in total. The minimum absolute atomic E-state index is 0.119. The molecule has 0 bridgehead atoms. The maximum absolute atomic E-state index is 12.1. The van der Waals surface area contributed by atoms with Crippen LogP contribution in [-0.2, 0) is 11.0 Å². The van der Waals surface area contributed by atoms with Crippen LogP contribution in [0.5, 0.6) is 0 Å². The van der Waals surface area contributed by atoms with E-state index in [4.69, 9.17) is 4.43 Å². The Balaban J connectivity index is 2.28. The smallest absolute Gasteiger partial charge is 0.316 e. The Morgan fingerprint density at radius 3 is 2.45 bits per heavy atom. The molecule has 0 aliphatic carbocycles. The van der Waals surface area contributed by atoms with Gasteiger partial charge in [0.25, 0.3) is 0 Å². The summed E-state index contributed by atoms with van der Waals surface area (Å²) in [4.78, 5) is 26.5. The van der Waals surface area contributed by atoms with Gasteiger partial charge in [-0.2, -0.15) is 0 Å². The first-order chi connectivity index (χ1) is 10.1. The van der Waals surface area contributed by atoms with E-state index in [0.717, 1.165) is 5.52 Å². The number of fused-ring (bicyclic) bond motifs is 1. The highest BCUT2D eigenvalue weighted by molar-refractivity contribution is 6.74. The van der Waals surface area contributed by atoms with E-state index in [-0.39, 0.29) is 5.04 Å². The average Bonchev–Trinajstić information content (AvgIpc) is 2.41. The van der Waals surface area contributed by atoms with Crippen LogP contribution in [0.3, 0.4) is 0 Å². The van der Waals surface area contributed by atoms with Gasteiger partial charge in [-0.15, -0.1) is 0 Å². The van der Waals surface area contributed by atoms with Crippen LogP contribution in [-0.4, -0.2) is 24.5 Å². The Labute approximate surface area is 131 Å². The largest absolute Gasteiger partial charge is 0.415 e. The number of H-pyrrole nitrogens is 1. The van der Waals surface area contributed by atoms with Gasteiger partial charge >= 0.3 is 11.1 Å². The van der Waals surface area contributed by atoms with E-state index in [2.05, 4.69) is 38.8 Å².